The van der Waals surface area contributed by atoms with Gasteiger partial charge in [0, 0.05) is 43.1 Å². The van der Waals surface area contributed by atoms with Crippen molar-refractivity contribution in [2.24, 2.45) is 5.73 Å². The molecule has 0 aromatic carbocycles. The standard InChI is InChI=1S/C16H27N3S/c1-3-14(17)15(16-12(2)6-11-20-16)19-9-7-18(8-10-19)13-4-5-13/h6,11,13-15H,3-5,7-10,17H2,1-2H3. The normalized spacial score (nSPS) is 24.8. The van der Waals surface area contributed by atoms with Crippen molar-refractivity contribution >= 4 is 11.3 Å². The largest absolute Gasteiger partial charge is 0.326 e. The molecule has 2 fully saturated rings. The SMILES string of the molecule is CCC(N)C(c1sccc1C)N1CCN(C2CC2)CC1. The monoisotopic (exact) mass is 293 g/mol. The van der Waals surface area contributed by atoms with Crippen LogP contribution < -0.4 is 5.73 Å². The summed E-state index contributed by atoms with van der Waals surface area (Å²) < 4.78 is 0. The van der Waals surface area contributed by atoms with Gasteiger partial charge in [0.05, 0.1) is 6.04 Å². The zero-order valence-electron chi connectivity index (χ0n) is 12.7. The van der Waals surface area contributed by atoms with Gasteiger partial charge in [-0.25, -0.2) is 0 Å². The van der Waals surface area contributed by atoms with Crippen LogP contribution in [0.5, 0.6) is 0 Å². The summed E-state index contributed by atoms with van der Waals surface area (Å²) in [7, 11) is 0. The summed E-state index contributed by atoms with van der Waals surface area (Å²) in [5.41, 5.74) is 7.88. The molecule has 2 unspecified atom stereocenters. The summed E-state index contributed by atoms with van der Waals surface area (Å²) >= 11 is 1.88. The maximum absolute atomic E-state index is 6.47. The van der Waals surface area contributed by atoms with Gasteiger partial charge in [0.2, 0.25) is 0 Å². The Morgan fingerprint density at radius 1 is 1.30 bits per heavy atom. The summed E-state index contributed by atoms with van der Waals surface area (Å²) in [6.45, 7) is 9.23. The van der Waals surface area contributed by atoms with Crippen molar-refractivity contribution in [3.05, 3.63) is 21.9 Å². The summed E-state index contributed by atoms with van der Waals surface area (Å²) in [6.07, 6.45) is 3.88. The molecule has 2 N–H and O–H groups in total. The summed E-state index contributed by atoms with van der Waals surface area (Å²) in [6, 6.07) is 3.80. The van der Waals surface area contributed by atoms with E-state index in [1.54, 1.807) is 0 Å². The van der Waals surface area contributed by atoms with E-state index in [1.165, 1.54) is 49.5 Å². The predicted molar refractivity (Wildman–Crippen MR) is 86.2 cm³/mol. The quantitative estimate of drug-likeness (QED) is 0.906. The lowest BCUT2D eigenvalue weighted by molar-refractivity contribution is 0.0807. The van der Waals surface area contributed by atoms with Gasteiger partial charge in [0.25, 0.3) is 0 Å². The Kier molecular flexibility index (Phi) is 4.46. The molecular formula is C16H27N3S. The van der Waals surface area contributed by atoms with E-state index in [0.29, 0.717) is 6.04 Å². The van der Waals surface area contributed by atoms with Crippen LogP contribution in [-0.4, -0.2) is 48.1 Å². The number of aryl methyl sites for hydroxylation is 1. The van der Waals surface area contributed by atoms with Crippen LogP contribution in [-0.2, 0) is 0 Å². The fourth-order valence-electron chi connectivity index (χ4n) is 3.36. The van der Waals surface area contributed by atoms with Crippen molar-refractivity contribution in [2.45, 2.75) is 51.2 Å². The minimum Gasteiger partial charge on any atom is -0.326 e. The average molecular weight is 293 g/mol. The summed E-state index contributed by atoms with van der Waals surface area (Å²) in [5, 5.41) is 2.21. The van der Waals surface area contributed by atoms with Gasteiger partial charge in [-0.05, 0) is 43.2 Å². The number of thiophene rings is 1. The van der Waals surface area contributed by atoms with E-state index in [9.17, 15) is 0 Å². The van der Waals surface area contributed by atoms with Crippen LogP contribution in [0.2, 0.25) is 0 Å². The van der Waals surface area contributed by atoms with Gasteiger partial charge in [0.1, 0.15) is 0 Å². The van der Waals surface area contributed by atoms with E-state index in [1.807, 2.05) is 11.3 Å². The molecule has 4 heteroatoms. The van der Waals surface area contributed by atoms with E-state index in [0.717, 1.165) is 12.5 Å². The van der Waals surface area contributed by atoms with Crippen LogP contribution in [0.1, 0.15) is 42.7 Å². The predicted octanol–water partition coefficient (Wildman–Crippen LogP) is 2.61. The molecular weight excluding hydrogens is 266 g/mol. The lowest BCUT2D eigenvalue weighted by Crippen LogP contribution is -2.51. The summed E-state index contributed by atoms with van der Waals surface area (Å²) in [4.78, 5) is 6.79. The lowest BCUT2D eigenvalue weighted by Gasteiger charge is -2.41. The molecule has 1 aromatic heterocycles. The molecule has 1 saturated heterocycles. The van der Waals surface area contributed by atoms with Gasteiger partial charge >= 0.3 is 0 Å². The first-order valence-electron chi connectivity index (χ1n) is 7.98. The fourth-order valence-corrected chi connectivity index (χ4v) is 4.50. The lowest BCUT2D eigenvalue weighted by atomic mass is 10.00. The van der Waals surface area contributed by atoms with Crippen LogP contribution in [0, 0.1) is 6.92 Å². The van der Waals surface area contributed by atoms with Gasteiger partial charge in [-0.3, -0.25) is 9.80 Å². The van der Waals surface area contributed by atoms with E-state index in [-0.39, 0.29) is 6.04 Å². The van der Waals surface area contributed by atoms with Gasteiger partial charge in [-0.2, -0.15) is 0 Å². The second-order valence-corrected chi connectivity index (χ2v) is 7.24. The van der Waals surface area contributed by atoms with Crippen molar-refractivity contribution < 1.29 is 0 Å². The topological polar surface area (TPSA) is 32.5 Å². The molecule has 0 spiro atoms. The van der Waals surface area contributed by atoms with Crippen molar-refractivity contribution in [1.82, 2.24) is 9.80 Å². The molecule has 2 atom stereocenters. The highest BCUT2D eigenvalue weighted by molar-refractivity contribution is 7.10. The molecule has 20 heavy (non-hydrogen) atoms. The molecule has 1 aliphatic heterocycles. The molecule has 2 aliphatic rings. The van der Waals surface area contributed by atoms with Crippen LogP contribution in [0.3, 0.4) is 0 Å². The van der Waals surface area contributed by atoms with Gasteiger partial charge in [-0.15, -0.1) is 11.3 Å². The Hall–Kier alpha value is -0.420. The van der Waals surface area contributed by atoms with Crippen molar-refractivity contribution in [2.75, 3.05) is 26.2 Å². The third kappa shape index (κ3) is 2.93. The Morgan fingerprint density at radius 3 is 2.50 bits per heavy atom. The Bertz CT molecular complexity index is 433. The molecule has 2 heterocycles. The average Bonchev–Trinajstić information content (AvgIpc) is 3.24. The Balaban J connectivity index is 1.71. The molecule has 0 amide bonds. The molecule has 1 aromatic rings. The molecule has 3 rings (SSSR count). The fraction of sp³-hybridized carbons (Fsp3) is 0.750. The number of rotatable bonds is 5. The third-order valence-electron chi connectivity index (χ3n) is 4.85. The minimum atomic E-state index is 0.250. The van der Waals surface area contributed by atoms with Gasteiger partial charge < -0.3 is 5.73 Å². The van der Waals surface area contributed by atoms with E-state index >= 15 is 0 Å². The number of hydrogen-bond donors (Lipinski definition) is 1. The van der Waals surface area contributed by atoms with Crippen LogP contribution >= 0.6 is 11.3 Å². The van der Waals surface area contributed by atoms with E-state index in [2.05, 4.69) is 35.1 Å². The first kappa shape index (κ1) is 14.5. The number of hydrogen-bond acceptors (Lipinski definition) is 4. The highest BCUT2D eigenvalue weighted by Crippen LogP contribution is 2.34. The van der Waals surface area contributed by atoms with Gasteiger partial charge in [0.15, 0.2) is 0 Å². The zero-order chi connectivity index (χ0) is 14.1. The first-order valence-corrected chi connectivity index (χ1v) is 8.86. The highest BCUT2D eigenvalue weighted by atomic mass is 32.1. The van der Waals surface area contributed by atoms with Crippen LogP contribution in [0.25, 0.3) is 0 Å². The number of nitrogens with two attached hydrogens (primary N) is 1. The van der Waals surface area contributed by atoms with Crippen molar-refractivity contribution in [1.29, 1.82) is 0 Å². The van der Waals surface area contributed by atoms with Crippen LogP contribution in [0.4, 0.5) is 0 Å². The second kappa shape index (κ2) is 6.14. The zero-order valence-corrected chi connectivity index (χ0v) is 13.5. The minimum absolute atomic E-state index is 0.250. The highest BCUT2D eigenvalue weighted by Gasteiger charge is 2.35. The maximum atomic E-state index is 6.47. The second-order valence-electron chi connectivity index (χ2n) is 6.29. The van der Waals surface area contributed by atoms with E-state index < -0.39 is 0 Å². The number of nitrogens with zero attached hydrogens (tertiary/aromatic N) is 2. The molecule has 112 valence electrons. The Morgan fingerprint density at radius 2 is 2.00 bits per heavy atom. The first-order chi connectivity index (χ1) is 9.70. The maximum Gasteiger partial charge on any atom is 0.0596 e. The van der Waals surface area contributed by atoms with Crippen molar-refractivity contribution in [3.8, 4) is 0 Å². The number of piperazine rings is 1. The molecule has 1 saturated carbocycles. The molecule has 0 radical (unpaired) electrons. The third-order valence-corrected chi connectivity index (χ3v) is 5.94. The van der Waals surface area contributed by atoms with Crippen LogP contribution in [0.15, 0.2) is 11.4 Å². The van der Waals surface area contributed by atoms with Crippen molar-refractivity contribution in [3.63, 3.8) is 0 Å². The molecule has 0 bridgehead atoms. The smallest absolute Gasteiger partial charge is 0.0596 e. The molecule has 1 aliphatic carbocycles. The van der Waals surface area contributed by atoms with E-state index in [4.69, 9.17) is 5.73 Å². The Labute approximate surface area is 126 Å². The van der Waals surface area contributed by atoms with Gasteiger partial charge in [-0.1, -0.05) is 6.92 Å². The summed E-state index contributed by atoms with van der Waals surface area (Å²) in [5.74, 6) is 0. The molecule has 3 nitrogen and oxygen atoms in total.